The molecule has 0 saturated heterocycles. The van der Waals surface area contributed by atoms with Gasteiger partial charge in [-0.3, -0.25) is 4.98 Å². The van der Waals surface area contributed by atoms with E-state index < -0.39 is 0 Å². The van der Waals surface area contributed by atoms with Crippen molar-refractivity contribution in [3.8, 4) is 6.07 Å². The highest BCUT2D eigenvalue weighted by Gasteiger charge is 1.99. The summed E-state index contributed by atoms with van der Waals surface area (Å²) in [5, 5.41) is 8.42. The van der Waals surface area contributed by atoms with Gasteiger partial charge in [0.1, 0.15) is 6.07 Å². The summed E-state index contributed by atoms with van der Waals surface area (Å²) in [6, 6.07) is 4.91. The normalized spacial score (nSPS) is 10.9. The molecule has 12 heavy (non-hydrogen) atoms. The first-order valence-corrected chi connectivity index (χ1v) is 4.35. The lowest BCUT2D eigenvalue weighted by molar-refractivity contribution is 0.755. The molecule has 1 aromatic heterocycles. The molecule has 0 unspecified atom stereocenters. The second kappa shape index (κ2) is 4.16. The molecule has 0 aliphatic carbocycles. The Labute approximate surface area is 82.9 Å². The number of nitriles is 1. The Kier molecular flexibility index (Phi) is 3.17. The number of nitrogens with zero attached hydrogens (tertiary/aromatic N) is 2. The predicted octanol–water partition coefficient (Wildman–Crippen LogP) is 2.66. The Morgan fingerprint density at radius 3 is 2.83 bits per heavy atom. The van der Waals surface area contributed by atoms with Crippen LogP contribution in [0.1, 0.15) is 11.3 Å². The molecule has 4 heteroatoms. The summed E-state index contributed by atoms with van der Waals surface area (Å²) in [5.41, 5.74) is 0.684. The summed E-state index contributed by atoms with van der Waals surface area (Å²) in [6.07, 6.45) is 1.34. The van der Waals surface area contributed by atoms with Gasteiger partial charge < -0.3 is 0 Å². The molecule has 1 rings (SSSR count). The van der Waals surface area contributed by atoms with Crippen LogP contribution in [0.3, 0.4) is 0 Å². The Balaban J connectivity index is 3.02. The monoisotopic (exact) mass is 274 g/mol. The number of hydrogen-bond acceptors (Lipinski definition) is 2. The van der Waals surface area contributed by atoms with E-state index in [1.807, 2.05) is 6.07 Å². The second-order valence-corrected chi connectivity index (χ2v) is 2.62. The van der Waals surface area contributed by atoms with E-state index in [4.69, 9.17) is 5.26 Å². The summed E-state index contributed by atoms with van der Waals surface area (Å²) in [6.45, 7) is 0. The Morgan fingerprint density at radius 2 is 2.42 bits per heavy atom. The van der Waals surface area contributed by atoms with Crippen molar-refractivity contribution in [2.75, 3.05) is 0 Å². The highest BCUT2D eigenvalue weighted by molar-refractivity contribution is 14.1. The summed E-state index contributed by atoms with van der Waals surface area (Å²) < 4.78 is 14.1. The zero-order valence-electron chi connectivity index (χ0n) is 5.96. The van der Waals surface area contributed by atoms with Crippen molar-refractivity contribution in [3.63, 3.8) is 0 Å². The number of pyridine rings is 1. The van der Waals surface area contributed by atoms with Crippen molar-refractivity contribution in [1.29, 1.82) is 5.26 Å². The Morgan fingerprint density at radius 1 is 1.67 bits per heavy atom. The second-order valence-electron chi connectivity index (χ2n) is 2.00. The number of halogens is 2. The van der Waals surface area contributed by atoms with Gasteiger partial charge in [-0.1, -0.05) is 0 Å². The van der Waals surface area contributed by atoms with Crippen LogP contribution in [0.25, 0.3) is 5.83 Å². The number of rotatable bonds is 1. The minimum absolute atomic E-state index is 0.253. The van der Waals surface area contributed by atoms with Crippen LogP contribution in [0, 0.1) is 11.3 Å². The maximum Gasteiger partial charge on any atom is 0.154 e. The molecule has 0 aromatic carbocycles. The fourth-order valence-corrected chi connectivity index (χ4v) is 0.976. The lowest BCUT2D eigenvalue weighted by Gasteiger charge is -1.93. The van der Waals surface area contributed by atoms with Crippen LogP contribution >= 0.6 is 22.6 Å². The van der Waals surface area contributed by atoms with E-state index in [2.05, 4.69) is 4.98 Å². The van der Waals surface area contributed by atoms with Gasteiger partial charge in [0.2, 0.25) is 0 Å². The molecular weight excluding hydrogens is 270 g/mol. The zero-order chi connectivity index (χ0) is 8.97. The lowest BCUT2D eigenvalue weighted by atomic mass is 10.2. The van der Waals surface area contributed by atoms with Crippen molar-refractivity contribution >= 4 is 28.4 Å². The molecule has 0 radical (unpaired) electrons. The third-order valence-corrected chi connectivity index (χ3v) is 1.78. The molecule has 1 heterocycles. The quantitative estimate of drug-likeness (QED) is 0.738. The van der Waals surface area contributed by atoms with Crippen LogP contribution < -0.4 is 0 Å². The van der Waals surface area contributed by atoms with E-state index in [0.717, 1.165) is 0 Å². The number of hydrogen-bond donors (Lipinski definition) is 0. The molecule has 0 amide bonds. The largest absolute Gasteiger partial charge is 0.252 e. The molecule has 0 saturated carbocycles. The van der Waals surface area contributed by atoms with Crippen LogP contribution in [-0.4, -0.2) is 4.98 Å². The van der Waals surface area contributed by atoms with Gasteiger partial charge in [0.05, 0.1) is 11.3 Å². The molecule has 0 fully saturated rings. The van der Waals surface area contributed by atoms with Gasteiger partial charge >= 0.3 is 0 Å². The highest BCUT2D eigenvalue weighted by atomic mass is 127. The summed E-state index contributed by atoms with van der Waals surface area (Å²) in [7, 11) is 0. The summed E-state index contributed by atoms with van der Waals surface area (Å²) in [4.78, 5) is 3.75. The van der Waals surface area contributed by atoms with Crippen LogP contribution in [0.4, 0.5) is 4.39 Å². The molecule has 60 valence electrons. The van der Waals surface area contributed by atoms with Crippen LogP contribution in [0.15, 0.2) is 22.4 Å². The van der Waals surface area contributed by atoms with Gasteiger partial charge in [0, 0.05) is 10.3 Å². The van der Waals surface area contributed by atoms with Crippen molar-refractivity contribution in [3.05, 3.63) is 33.7 Å². The van der Waals surface area contributed by atoms with Gasteiger partial charge in [-0.25, -0.2) is 4.39 Å². The maximum atomic E-state index is 12.8. The predicted molar refractivity (Wildman–Crippen MR) is 52.1 cm³/mol. The van der Waals surface area contributed by atoms with E-state index >= 15 is 0 Å². The minimum atomic E-state index is -0.389. The first-order chi connectivity index (χ1) is 5.77. The van der Waals surface area contributed by atoms with E-state index in [9.17, 15) is 4.39 Å². The first-order valence-electron chi connectivity index (χ1n) is 3.10. The van der Waals surface area contributed by atoms with Crippen molar-refractivity contribution in [2.45, 2.75) is 0 Å². The molecule has 0 atom stereocenters. The molecule has 2 nitrogen and oxygen atoms in total. The molecular formula is C8H4FIN2. The minimum Gasteiger partial charge on any atom is -0.252 e. The first kappa shape index (κ1) is 9.13. The standard InChI is InChI=1S/C8H4FIN2/c9-7(3-10)8-2-1-6(4-11)5-12-8/h1-3,5H/b7-3-. The Hall–Kier alpha value is -0.960. The smallest absolute Gasteiger partial charge is 0.154 e. The fourth-order valence-electron chi connectivity index (χ4n) is 0.657. The van der Waals surface area contributed by atoms with Crippen LogP contribution in [0.2, 0.25) is 0 Å². The molecule has 0 N–H and O–H groups in total. The van der Waals surface area contributed by atoms with Gasteiger partial charge in [-0.05, 0) is 34.7 Å². The van der Waals surface area contributed by atoms with Crippen LogP contribution in [0.5, 0.6) is 0 Å². The SMILES string of the molecule is N#Cc1ccc(/C(F)=C/I)nc1. The molecule has 1 aromatic rings. The van der Waals surface area contributed by atoms with Gasteiger partial charge in [-0.15, -0.1) is 0 Å². The van der Waals surface area contributed by atoms with E-state index in [-0.39, 0.29) is 11.5 Å². The highest BCUT2D eigenvalue weighted by Crippen LogP contribution is 2.14. The topological polar surface area (TPSA) is 36.7 Å². The summed E-state index contributed by atoms with van der Waals surface area (Å²) >= 11 is 1.79. The van der Waals surface area contributed by atoms with E-state index in [1.54, 1.807) is 22.6 Å². The van der Waals surface area contributed by atoms with Gasteiger partial charge in [0.25, 0.3) is 0 Å². The average Bonchev–Trinajstić information content (AvgIpc) is 2.17. The van der Waals surface area contributed by atoms with E-state index in [0.29, 0.717) is 5.56 Å². The van der Waals surface area contributed by atoms with E-state index in [1.165, 1.54) is 22.4 Å². The molecule has 0 aliphatic heterocycles. The number of aromatic nitrogens is 1. The fraction of sp³-hybridized carbons (Fsp3) is 0. The maximum absolute atomic E-state index is 12.8. The van der Waals surface area contributed by atoms with Crippen molar-refractivity contribution < 1.29 is 4.39 Å². The average molecular weight is 274 g/mol. The summed E-state index contributed by atoms with van der Waals surface area (Å²) in [5.74, 6) is -0.389. The zero-order valence-corrected chi connectivity index (χ0v) is 8.12. The third-order valence-electron chi connectivity index (χ3n) is 1.23. The lowest BCUT2D eigenvalue weighted by Crippen LogP contribution is -1.84. The van der Waals surface area contributed by atoms with Crippen LogP contribution in [-0.2, 0) is 0 Å². The Bertz CT molecular complexity index is 337. The van der Waals surface area contributed by atoms with Crippen molar-refractivity contribution in [2.24, 2.45) is 0 Å². The molecule has 0 bridgehead atoms. The third kappa shape index (κ3) is 2.01. The van der Waals surface area contributed by atoms with Gasteiger partial charge in [-0.2, -0.15) is 5.26 Å². The van der Waals surface area contributed by atoms with Gasteiger partial charge in [0.15, 0.2) is 5.83 Å². The van der Waals surface area contributed by atoms with Crippen molar-refractivity contribution in [1.82, 2.24) is 4.98 Å². The molecule has 0 aliphatic rings. The molecule has 0 spiro atoms.